The predicted molar refractivity (Wildman–Crippen MR) is 51.5 cm³/mol. The van der Waals surface area contributed by atoms with Gasteiger partial charge in [-0.3, -0.25) is 0 Å². The number of hydrogen-bond acceptors (Lipinski definition) is 2. The summed E-state index contributed by atoms with van der Waals surface area (Å²) in [4.78, 5) is 0. The fourth-order valence-corrected chi connectivity index (χ4v) is 1.77. The van der Waals surface area contributed by atoms with Crippen molar-refractivity contribution in [3.63, 3.8) is 0 Å². The van der Waals surface area contributed by atoms with Gasteiger partial charge in [0.2, 0.25) is 0 Å². The van der Waals surface area contributed by atoms with Crippen LogP contribution in [0.15, 0.2) is 12.1 Å². The number of aliphatic hydroxyl groups excluding tert-OH is 1. The topological polar surface area (TPSA) is 40.5 Å². The first-order chi connectivity index (χ1) is 5.15. The van der Waals surface area contributed by atoms with Gasteiger partial charge in [0, 0.05) is 9.13 Å². The molecule has 2 N–H and O–H groups in total. The molecule has 0 saturated heterocycles. The number of benzene rings is 1. The van der Waals surface area contributed by atoms with E-state index in [1.807, 2.05) is 13.0 Å². The Bertz CT molecular complexity index is 271. The summed E-state index contributed by atoms with van der Waals surface area (Å²) >= 11 is 2.15. The van der Waals surface area contributed by atoms with Gasteiger partial charge in [-0.15, -0.1) is 0 Å². The van der Waals surface area contributed by atoms with Crippen molar-refractivity contribution >= 4 is 22.6 Å². The van der Waals surface area contributed by atoms with Crippen LogP contribution in [0.4, 0.5) is 0 Å². The van der Waals surface area contributed by atoms with Crippen LogP contribution in [0.3, 0.4) is 0 Å². The summed E-state index contributed by atoms with van der Waals surface area (Å²) in [5, 5.41) is 18.2. The molecule has 1 aromatic carbocycles. The highest BCUT2D eigenvalue weighted by Crippen LogP contribution is 2.24. The molecular formula is C8H9IO2. The lowest BCUT2D eigenvalue weighted by Crippen LogP contribution is -1.88. The molecule has 0 aliphatic heterocycles. The van der Waals surface area contributed by atoms with Crippen LogP contribution in [0.1, 0.15) is 11.1 Å². The highest BCUT2D eigenvalue weighted by molar-refractivity contribution is 14.1. The van der Waals surface area contributed by atoms with E-state index in [9.17, 15) is 5.11 Å². The first-order valence-corrected chi connectivity index (χ1v) is 4.32. The minimum Gasteiger partial charge on any atom is -0.507 e. The van der Waals surface area contributed by atoms with Crippen molar-refractivity contribution in [2.45, 2.75) is 13.5 Å². The molecule has 0 fully saturated rings. The molecule has 1 aromatic rings. The van der Waals surface area contributed by atoms with E-state index in [0.717, 1.165) is 9.13 Å². The van der Waals surface area contributed by atoms with Crippen molar-refractivity contribution in [2.75, 3.05) is 0 Å². The van der Waals surface area contributed by atoms with Crippen LogP contribution in [-0.4, -0.2) is 10.2 Å². The number of halogens is 1. The molecular weight excluding hydrogens is 255 g/mol. The Kier molecular flexibility index (Phi) is 2.72. The fraction of sp³-hybridized carbons (Fsp3) is 0.250. The standard InChI is InChI=1S/C8H9IO2/c1-5-2-7(9)3-6(4-10)8(5)11/h2-3,10-11H,4H2,1H3. The van der Waals surface area contributed by atoms with Crippen LogP contribution in [0.5, 0.6) is 5.75 Å². The van der Waals surface area contributed by atoms with Gasteiger partial charge in [0.25, 0.3) is 0 Å². The molecule has 0 heterocycles. The van der Waals surface area contributed by atoms with Crippen molar-refractivity contribution in [3.05, 3.63) is 26.8 Å². The minimum absolute atomic E-state index is 0.108. The number of aromatic hydroxyl groups is 1. The van der Waals surface area contributed by atoms with E-state index in [0.29, 0.717) is 5.56 Å². The summed E-state index contributed by atoms with van der Waals surface area (Å²) in [6, 6.07) is 3.64. The Morgan fingerprint density at radius 1 is 1.45 bits per heavy atom. The van der Waals surface area contributed by atoms with Gasteiger partial charge >= 0.3 is 0 Å². The molecule has 0 aliphatic carbocycles. The van der Waals surface area contributed by atoms with Gasteiger partial charge in [-0.05, 0) is 47.2 Å². The number of hydrogen-bond donors (Lipinski definition) is 2. The van der Waals surface area contributed by atoms with Crippen molar-refractivity contribution < 1.29 is 10.2 Å². The number of phenols is 1. The molecule has 0 aliphatic rings. The van der Waals surface area contributed by atoms with E-state index in [1.165, 1.54) is 0 Å². The zero-order valence-electron chi connectivity index (χ0n) is 6.13. The maximum absolute atomic E-state index is 9.36. The van der Waals surface area contributed by atoms with Gasteiger partial charge in [0.15, 0.2) is 0 Å². The van der Waals surface area contributed by atoms with Gasteiger partial charge in [0.05, 0.1) is 6.61 Å². The maximum atomic E-state index is 9.36. The normalized spacial score (nSPS) is 10.1. The van der Waals surface area contributed by atoms with E-state index in [1.54, 1.807) is 6.07 Å². The summed E-state index contributed by atoms with van der Waals surface area (Å²) < 4.78 is 1.03. The Morgan fingerprint density at radius 3 is 2.64 bits per heavy atom. The van der Waals surface area contributed by atoms with Gasteiger partial charge in [-0.25, -0.2) is 0 Å². The van der Waals surface area contributed by atoms with Crippen molar-refractivity contribution in [2.24, 2.45) is 0 Å². The zero-order valence-corrected chi connectivity index (χ0v) is 8.29. The SMILES string of the molecule is Cc1cc(I)cc(CO)c1O. The molecule has 1 rings (SSSR count). The molecule has 60 valence electrons. The lowest BCUT2D eigenvalue weighted by Gasteiger charge is -2.04. The molecule has 0 atom stereocenters. The lowest BCUT2D eigenvalue weighted by atomic mass is 10.1. The van der Waals surface area contributed by atoms with E-state index in [2.05, 4.69) is 22.6 Å². The monoisotopic (exact) mass is 264 g/mol. The second kappa shape index (κ2) is 3.40. The van der Waals surface area contributed by atoms with Crippen LogP contribution in [0, 0.1) is 10.5 Å². The third-order valence-corrected chi connectivity index (χ3v) is 2.14. The quantitative estimate of drug-likeness (QED) is 0.759. The molecule has 0 saturated carbocycles. The molecule has 3 heteroatoms. The third kappa shape index (κ3) is 1.84. The predicted octanol–water partition coefficient (Wildman–Crippen LogP) is 1.80. The number of aliphatic hydroxyl groups is 1. The second-order valence-corrected chi connectivity index (χ2v) is 3.63. The van der Waals surface area contributed by atoms with Crippen LogP contribution >= 0.6 is 22.6 Å². The van der Waals surface area contributed by atoms with Gasteiger partial charge in [-0.2, -0.15) is 0 Å². The van der Waals surface area contributed by atoms with Crippen LogP contribution in [0.25, 0.3) is 0 Å². The lowest BCUT2D eigenvalue weighted by molar-refractivity contribution is 0.275. The van der Waals surface area contributed by atoms with Crippen molar-refractivity contribution in [3.8, 4) is 5.75 Å². The zero-order chi connectivity index (χ0) is 8.43. The first-order valence-electron chi connectivity index (χ1n) is 3.24. The number of rotatable bonds is 1. The summed E-state index contributed by atoms with van der Waals surface area (Å²) in [6.07, 6.45) is 0. The van der Waals surface area contributed by atoms with E-state index in [-0.39, 0.29) is 12.4 Å². The van der Waals surface area contributed by atoms with Crippen molar-refractivity contribution in [1.29, 1.82) is 0 Å². The third-order valence-electron chi connectivity index (χ3n) is 1.51. The van der Waals surface area contributed by atoms with Gasteiger partial charge < -0.3 is 10.2 Å². The van der Waals surface area contributed by atoms with Crippen LogP contribution < -0.4 is 0 Å². The Labute approximate surface area is 79.0 Å². The summed E-state index contributed by atoms with van der Waals surface area (Å²) in [5.41, 5.74) is 1.40. The molecule has 0 aromatic heterocycles. The van der Waals surface area contributed by atoms with Gasteiger partial charge in [0.1, 0.15) is 5.75 Å². The van der Waals surface area contributed by atoms with E-state index >= 15 is 0 Å². The minimum atomic E-state index is -0.108. The highest BCUT2D eigenvalue weighted by atomic mass is 127. The smallest absolute Gasteiger partial charge is 0.124 e. The van der Waals surface area contributed by atoms with E-state index < -0.39 is 0 Å². The van der Waals surface area contributed by atoms with E-state index in [4.69, 9.17) is 5.11 Å². The molecule has 0 bridgehead atoms. The molecule has 11 heavy (non-hydrogen) atoms. The largest absolute Gasteiger partial charge is 0.507 e. The number of aryl methyl sites for hydroxylation is 1. The van der Waals surface area contributed by atoms with Gasteiger partial charge in [-0.1, -0.05) is 0 Å². The van der Waals surface area contributed by atoms with Crippen LogP contribution in [0.2, 0.25) is 0 Å². The Balaban J connectivity index is 3.24. The molecule has 0 amide bonds. The fourth-order valence-electron chi connectivity index (χ4n) is 0.925. The maximum Gasteiger partial charge on any atom is 0.124 e. The van der Waals surface area contributed by atoms with Crippen LogP contribution in [-0.2, 0) is 6.61 Å². The average molecular weight is 264 g/mol. The van der Waals surface area contributed by atoms with Crippen molar-refractivity contribution in [1.82, 2.24) is 0 Å². The molecule has 2 nitrogen and oxygen atoms in total. The Morgan fingerprint density at radius 2 is 2.09 bits per heavy atom. The summed E-state index contributed by atoms with van der Waals surface area (Å²) in [6.45, 7) is 1.71. The molecule has 0 spiro atoms. The summed E-state index contributed by atoms with van der Waals surface area (Å²) in [5.74, 6) is 0.202. The second-order valence-electron chi connectivity index (χ2n) is 2.39. The molecule has 0 radical (unpaired) electrons. The summed E-state index contributed by atoms with van der Waals surface area (Å²) in [7, 11) is 0. The highest BCUT2D eigenvalue weighted by Gasteiger charge is 2.03. The Hall–Kier alpha value is -0.290. The molecule has 0 unspecified atom stereocenters. The average Bonchev–Trinajstić information content (AvgIpc) is 1.96. The first kappa shape index (κ1) is 8.80.